The van der Waals surface area contributed by atoms with E-state index >= 15 is 0 Å². The molecular formula is C35H63BN3O16. The number of hydrogen-bond acceptors (Lipinski definition) is 17. The first kappa shape index (κ1) is 50.6. The van der Waals surface area contributed by atoms with Gasteiger partial charge in [0.15, 0.2) is 0 Å². The summed E-state index contributed by atoms with van der Waals surface area (Å²) >= 11 is 0. The lowest BCUT2D eigenvalue weighted by molar-refractivity contribution is -0.137. The number of ether oxygens (including phenoxy) is 11. The van der Waals surface area contributed by atoms with Crippen LogP contribution in [0.4, 0.5) is 0 Å². The van der Waals surface area contributed by atoms with E-state index in [2.05, 4.69) is 10.7 Å². The topological polar surface area (TPSA) is 206 Å². The summed E-state index contributed by atoms with van der Waals surface area (Å²) in [5.41, 5.74) is 0. The van der Waals surface area contributed by atoms with Crippen LogP contribution in [0.1, 0.15) is 25.7 Å². The van der Waals surface area contributed by atoms with Gasteiger partial charge in [-0.25, -0.2) is 5.39 Å². The fraction of sp³-hybridized carbons (Fsp3) is 0.829. The zero-order valence-corrected chi connectivity index (χ0v) is 32.3. The molecule has 0 saturated carbocycles. The first-order chi connectivity index (χ1) is 27.1. The van der Waals surface area contributed by atoms with Crippen molar-refractivity contribution in [2.75, 3.05) is 165 Å². The van der Waals surface area contributed by atoms with Gasteiger partial charge in [-0.2, -0.15) is 0 Å². The van der Waals surface area contributed by atoms with Gasteiger partial charge in [0, 0.05) is 31.7 Å². The van der Waals surface area contributed by atoms with Gasteiger partial charge in [-0.05, 0) is 12.8 Å². The molecule has 0 bridgehead atoms. The van der Waals surface area contributed by atoms with Crippen molar-refractivity contribution < 1.29 is 76.1 Å². The van der Waals surface area contributed by atoms with Gasteiger partial charge in [0.05, 0.1) is 158 Å². The van der Waals surface area contributed by atoms with E-state index in [0.29, 0.717) is 190 Å². The number of nitrogens with one attached hydrogen (secondary N) is 2. The number of nitrogens with zero attached hydrogens (tertiary/aromatic N) is 1. The van der Waals surface area contributed by atoms with Crippen molar-refractivity contribution in [3.8, 4) is 0 Å². The Bertz CT molecular complexity index is 937. The molecule has 0 aromatic carbocycles. The summed E-state index contributed by atoms with van der Waals surface area (Å²) in [6.45, 7) is 11.3. The Balaban J connectivity index is 1.63. The monoisotopic (exact) mass is 792 g/mol. The van der Waals surface area contributed by atoms with Crippen LogP contribution in [0.25, 0.3) is 0 Å². The third kappa shape index (κ3) is 35.7. The van der Waals surface area contributed by atoms with E-state index in [0.717, 1.165) is 13.8 Å². The van der Waals surface area contributed by atoms with Crippen LogP contribution < -0.4 is 10.7 Å². The quantitative estimate of drug-likeness (QED) is 0.0252. The molecule has 1 aliphatic rings. The van der Waals surface area contributed by atoms with Crippen molar-refractivity contribution in [2.45, 2.75) is 25.7 Å². The van der Waals surface area contributed by atoms with Crippen molar-refractivity contribution in [2.24, 2.45) is 0 Å². The van der Waals surface area contributed by atoms with Gasteiger partial charge in [0.2, 0.25) is 5.91 Å². The molecule has 1 radical (unpaired) electrons. The number of rotatable bonds is 45. The Morgan fingerprint density at radius 1 is 0.509 bits per heavy atom. The molecule has 0 saturated heterocycles. The van der Waals surface area contributed by atoms with E-state index in [-0.39, 0.29) is 17.7 Å². The zero-order valence-electron chi connectivity index (χ0n) is 32.3. The molecule has 0 unspecified atom stereocenters. The lowest BCUT2D eigenvalue weighted by Gasteiger charge is -2.13. The van der Waals surface area contributed by atoms with Crippen molar-refractivity contribution in [1.82, 2.24) is 15.6 Å². The smallest absolute Gasteiger partial charge is 0.322 e. The highest BCUT2D eigenvalue weighted by atomic mass is 16.6. The molecule has 1 heterocycles. The Labute approximate surface area is 325 Å². The number of carbonyl (C=O) groups is 4. The average molecular weight is 793 g/mol. The van der Waals surface area contributed by atoms with Crippen LogP contribution in [0.3, 0.4) is 0 Å². The van der Waals surface area contributed by atoms with Crippen LogP contribution in [-0.2, 0) is 76.1 Å². The molecule has 0 aliphatic carbocycles. The standard InChI is InChI=1S/C35H63BN3O16/c40-32-36-38-55-31-30-54-29-28-53-27-26-52-25-24-51-23-22-50-21-20-49-19-18-48-17-16-47-15-14-46-13-12-45-11-10-44-9-7-37-33(41)4-2-1-3-8-39-34(42)5-6-35(39)43/h5-6,32,38H,1-4,7-31H2,(H,37,41). The van der Waals surface area contributed by atoms with Crippen molar-refractivity contribution in [3.05, 3.63) is 12.2 Å². The summed E-state index contributed by atoms with van der Waals surface area (Å²) in [6.07, 6.45) is 5.68. The highest BCUT2D eigenvalue weighted by Gasteiger charge is 2.22. The number of carbonyl (C=O) groups excluding carboxylic acids is 4. The van der Waals surface area contributed by atoms with Crippen LogP contribution in [0.2, 0.25) is 0 Å². The zero-order chi connectivity index (χ0) is 39.5. The predicted molar refractivity (Wildman–Crippen MR) is 198 cm³/mol. The molecule has 1 aliphatic heterocycles. The van der Waals surface area contributed by atoms with E-state index in [1.165, 1.54) is 17.1 Å². The molecule has 20 heteroatoms. The molecule has 3 amide bonds. The van der Waals surface area contributed by atoms with E-state index in [1.54, 1.807) is 0 Å². The van der Waals surface area contributed by atoms with Gasteiger partial charge in [-0.15, -0.1) is 0 Å². The van der Waals surface area contributed by atoms with Gasteiger partial charge < -0.3 is 67.1 Å². The fourth-order valence-electron chi connectivity index (χ4n) is 4.27. The molecule has 1 rings (SSSR count). The minimum absolute atomic E-state index is 0.0463. The van der Waals surface area contributed by atoms with E-state index < -0.39 is 0 Å². The molecule has 55 heavy (non-hydrogen) atoms. The van der Waals surface area contributed by atoms with Gasteiger partial charge >= 0.3 is 7.41 Å². The maximum Gasteiger partial charge on any atom is 0.322 e. The second kappa shape index (κ2) is 41.2. The lowest BCUT2D eigenvalue weighted by Crippen LogP contribution is -2.31. The summed E-state index contributed by atoms with van der Waals surface area (Å²) in [5.74, 6) is -0.594. The maximum atomic E-state index is 11.9. The second-order valence-corrected chi connectivity index (χ2v) is 11.3. The minimum atomic E-state index is -0.274. The number of unbranched alkanes of at least 4 members (excludes halogenated alkanes) is 2. The van der Waals surface area contributed by atoms with Crippen LogP contribution in [0.5, 0.6) is 0 Å². The van der Waals surface area contributed by atoms with Crippen molar-refractivity contribution >= 4 is 31.3 Å². The van der Waals surface area contributed by atoms with Gasteiger partial charge in [-0.3, -0.25) is 19.3 Å². The Kier molecular flexibility index (Phi) is 37.9. The fourth-order valence-corrected chi connectivity index (χ4v) is 4.27. The highest BCUT2D eigenvalue weighted by Crippen LogP contribution is 2.07. The molecule has 2 N–H and O–H groups in total. The van der Waals surface area contributed by atoms with E-state index in [9.17, 15) is 19.2 Å². The van der Waals surface area contributed by atoms with Crippen molar-refractivity contribution in [3.63, 3.8) is 0 Å². The Morgan fingerprint density at radius 3 is 1.22 bits per heavy atom. The summed E-state index contributed by atoms with van der Waals surface area (Å²) < 4.78 is 59.9. The minimum Gasteiger partial charge on any atom is -0.377 e. The number of amides is 3. The van der Waals surface area contributed by atoms with Crippen LogP contribution in [-0.4, -0.2) is 201 Å². The molecule has 0 aromatic rings. The molecular weight excluding hydrogens is 729 g/mol. The molecule has 0 spiro atoms. The first-order valence-corrected chi connectivity index (χ1v) is 18.9. The van der Waals surface area contributed by atoms with Gasteiger partial charge in [0.1, 0.15) is 0 Å². The maximum absolute atomic E-state index is 11.9. The van der Waals surface area contributed by atoms with Crippen LogP contribution in [0, 0.1) is 0 Å². The first-order valence-electron chi connectivity index (χ1n) is 18.9. The molecule has 0 aromatic heterocycles. The summed E-state index contributed by atoms with van der Waals surface area (Å²) in [6, 6.07) is 0. The van der Waals surface area contributed by atoms with E-state index in [4.69, 9.17) is 56.9 Å². The third-order valence-corrected chi connectivity index (χ3v) is 7.02. The summed E-state index contributed by atoms with van der Waals surface area (Å²) in [5, 5.41) is 5.16. The molecule has 0 fully saturated rings. The highest BCUT2D eigenvalue weighted by molar-refractivity contribution is 6.64. The predicted octanol–water partition coefficient (Wildman–Crippen LogP) is -0.899. The van der Waals surface area contributed by atoms with Gasteiger partial charge in [0.25, 0.3) is 11.8 Å². The third-order valence-electron chi connectivity index (χ3n) is 7.02. The normalized spacial score (nSPS) is 12.6. The van der Waals surface area contributed by atoms with Gasteiger partial charge in [-0.1, -0.05) is 6.42 Å². The second-order valence-electron chi connectivity index (χ2n) is 11.3. The van der Waals surface area contributed by atoms with E-state index in [1.807, 2.05) is 0 Å². The summed E-state index contributed by atoms with van der Waals surface area (Å²) in [7, 11) is 1.15. The molecule has 0 atom stereocenters. The number of hydrogen-bond donors (Lipinski definition) is 2. The Morgan fingerprint density at radius 2 is 0.855 bits per heavy atom. The lowest BCUT2D eigenvalue weighted by atomic mass is 10.0. The molecule has 19 nitrogen and oxygen atoms in total. The summed E-state index contributed by atoms with van der Waals surface area (Å²) in [4.78, 5) is 51.0. The van der Waals surface area contributed by atoms with Crippen molar-refractivity contribution in [1.29, 1.82) is 0 Å². The van der Waals surface area contributed by atoms with Crippen LogP contribution >= 0.6 is 0 Å². The largest absolute Gasteiger partial charge is 0.377 e. The average Bonchev–Trinajstić information content (AvgIpc) is 3.51. The SMILES string of the molecule is O=C[B]NOCCOCCOCCOCCOCCOCCOCCOCCOCCOCCOCCOCCNC(=O)CCCCCN1C(=O)C=CC1=O. The Hall–Kier alpha value is -2.44. The molecule has 317 valence electrons. The number of imide groups is 1. The van der Waals surface area contributed by atoms with Crippen LogP contribution in [0.15, 0.2) is 12.2 Å².